The van der Waals surface area contributed by atoms with Gasteiger partial charge in [0, 0.05) is 31.4 Å². The fourth-order valence-electron chi connectivity index (χ4n) is 4.17. The Morgan fingerprint density at radius 2 is 2.12 bits per heavy atom. The number of piperidine rings is 1. The number of amides is 1. The lowest BCUT2D eigenvalue weighted by molar-refractivity contribution is -0.127. The van der Waals surface area contributed by atoms with Crippen LogP contribution in [0, 0.1) is 5.92 Å². The normalized spacial score (nSPS) is 22.9. The van der Waals surface area contributed by atoms with Crippen molar-refractivity contribution in [1.82, 2.24) is 19.9 Å². The van der Waals surface area contributed by atoms with Crippen molar-refractivity contribution < 1.29 is 9.59 Å². The van der Waals surface area contributed by atoms with Gasteiger partial charge in [0.05, 0.1) is 11.4 Å². The molecular formula is C18H21N5O2. The monoisotopic (exact) mass is 339 g/mol. The molecule has 0 aromatic carbocycles. The average Bonchev–Trinajstić information content (AvgIpc) is 3.24. The topological polar surface area (TPSA) is 82.2 Å². The maximum absolute atomic E-state index is 12.0. The average molecular weight is 339 g/mol. The highest BCUT2D eigenvalue weighted by atomic mass is 16.2. The summed E-state index contributed by atoms with van der Waals surface area (Å²) in [7, 11) is 0. The van der Waals surface area contributed by atoms with Crippen molar-refractivity contribution in [2.24, 2.45) is 5.92 Å². The lowest BCUT2D eigenvalue weighted by atomic mass is 9.92. The number of aromatic amines is 1. The SMILES string of the molecule is C=CC(=O)N1CC[C@H]2CCN(c3ncnc4[nH]cc(C(C)=O)c34)[C@H]2C1. The number of hydrogen-bond donors (Lipinski definition) is 1. The van der Waals surface area contributed by atoms with Gasteiger partial charge in [-0.05, 0) is 31.8 Å². The number of anilines is 1. The minimum Gasteiger partial charge on any atom is -0.351 e. The van der Waals surface area contributed by atoms with E-state index in [4.69, 9.17) is 0 Å². The molecule has 0 bridgehead atoms. The molecule has 1 amide bonds. The van der Waals surface area contributed by atoms with Gasteiger partial charge in [0.15, 0.2) is 5.78 Å². The Labute approximate surface area is 145 Å². The molecule has 130 valence electrons. The van der Waals surface area contributed by atoms with Gasteiger partial charge in [-0.25, -0.2) is 9.97 Å². The summed E-state index contributed by atoms with van der Waals surface area (Å²) >= 11 is 0. The highest BCUT2D eigenvalue weighted by Gasteiger charge is 2.40. The second-order valence-electron chi connectivity index (χ2n) is 6.77. The molecule has 0 unspecified atom stereocenters. The number of rotatable bonds is 3. The van der Waals surface area contributed by atoms with Gasteiger partial charge in [0.2, 0.25) is 5.91 Å². The number of likely N-dealkylation sites (tertiary alicyclic amines) is 1. The van der Waals surface area contributed by atoms with Crippen molar-refractivity contribution in [2.75, 3.05) is 24.5 Å². The van der Waals surface area contributed by atoms with Gasteiger partial charge in [-0.3, -0.25) is 9.59 Å². The Hall–Kier alpha value is -2.70. The molecule has 0 saturated carbocycles. The number of nitrogens with zero attached hydrogens (tertiary/aromatic N) is 4. The first kappa shape index (κ1) is 15.8. The standard InChI is InChI=1S/C18H21N5O2/c1-3-15(25)22-6-4-12-5-7-23(14(12)9-22)18-16-13(11(2)24)8-19-17(16)20-10-21-18/h3,8,10,12,14H,1,4-7,9H2,2H3,(H,19,20,21)/t12-,14-/m0/s1. The molecule has 2 saturated heterocycles. The van der Waals surface area contributed by atoms with Gasteiger partial charge in [0.25, 0.3) is 0 Å². The van der Waals surface area contributed by atoms with Gasteiger partial charge in [0.1, 0.15) is 17.8 Å². The van der Waals surface area contributed by atoms with Crippen LogP contribution in [0.2, 0.25) is 0 Å². The molecule has 4 heterocycles. The van der Waals surface area contributed by atoms with Crippen molar-refractivity contribution in [1.29, 1.82) is 0 Å². The zero-order chi connectivity index (χ0) is 17.6. The largest absolute Gasteiger partial charge is 0.351 e. The quantitative estimate of drug-likeness (QED) is 0.681. The van der Waals surface area contributed by atoms with E-state index in [0.717, 1.165) is 37.1 Å². The van der Waals surface area contributed by atoms with Crippen molar-refractivity contribution in [3.63, 3.8) is 0 Å². The van der Waals surface area contributed by atoms with Crippen molar-refractivity contribution in [3.8, 4) is 0 Å². The van der Waals surface area contributed by atoms with Crippen LogP contribution in [-0.4, -0.2) is 57.2 Å². The summed E-state index contributed by atoms with van der Waals surface area (Å²) in [4.78, 5) is 39.9. The number of hydrogen-bond acceptors (Lipinski definition) is 5. The molecule has 0 aliphatic carbocycles. The lowest BCUT2D eigenvalue weighted by Gasteiger charge is -2.38. The van der Waals surface area contributed by atoms with Crippen LogP contribution in [0.15, 0.2) is 25.2 Å². The first-order chi connectivity index (χ1) is 12.1. The molecule has 2 aliphatic heterocycles. The molecule has 0 radical (unpaired) electrons. The number of carbonyl (C=O) groups is 2. The molecule has 25 heavy (non-hydrogen) atoms. The molecule has 7 heteroatoms. The number of fused-ring (bicyclic) bond motifs is 2. The van der Waals surface area contributed by atoms with Gasteiger partial charge >= 0.3 is 0 Å². The van der Waals surface area contributed by atoms with Crippen LogP contribution < -0.4 is 4.90 Å². The first-order valence-corrected chi connectivity index (χ1v) is 8.61. The second kappa shape index (κ2) is 5.98. The Kier molecular flexibility index (Phi) is 3.78. The summed E-state index contributed by atoms with van der Waals surface area (Å²) in [6.45, 7) is 7.47. The van der Waals surface area contributed by atoms with Gasteiger partial charge in [-0.1, -0.05) is 6.58 Å². The summed E-state index contributed by atoms with van der Waals surface area (Å²) < 4.78 is 0. The van der Waals surface area contributed by atoms with E-state index in [0.29, 0.717) is 23.7 Å². The minimum atomic E-state index is -0.0239. The third kappa shape index (κ3) is 2.50. The number of H-pyrrole nitrogens is 1. The zero-order valence-electron chi connectivity index (χ0n) is 14.2. The highest BCUT2D eigenvalue weighted by molar-refractivity contribution is 6.09. The predicted octanol–water partition coefficient (Wildman–Crippen LogP) is 1.77. The van der Waals surface area contributed by atoms with E-state index in [1.165, 1.54) is 12.4 Å². The third-order valence-electron chi connectivity index (χ3n) is 5.45. The molecule has 2 atom stereocenters. The molecule has 2 aromatic heterocycles. The molecule has 1 N–H and O–H groups in total. The van der Waals surface area contributed by atoms with Gasteiger partial charge < -0.3 is 14.8 Å². The van der Waals surface area contributed by atoms with Gasteiger partial charge in [-0.2, -0.15) is 0 Å². The molecule has 2 aliphatic rings. The fraction of sp³-hybridized carbons (Fsp3) is 0.444. The highest BCUT2D eigenvalue weighted by Crippen LogP contribution is 2.37. The van der Waals surface area contributed by atoms with Crippen LogP contribution in [0.3, 0.4) is 0 Å². The lowest BCUT2D eigenvalue weighted by Crippen LogP contribution is -2.50. The van der Waals surface area contributed by atoms with Crippen molar-refractivity contribution >= 4 is 28.5 Å². The van der Waals surface area contributed by atoms with E-state index < -0.39 is 0 Å². The summed E-state index contributed by atoms with van der Waals surface area (Å²) in [6, 6.07) is 0.213. The van der Waals surface area contributed by atoms with Gasteiger partial charge in [-0.15, -0.1) is 0 Å². The van der Waals surface area contributed by atoms with E-state index in [2.05, 4.69) is 26.4 Å². The van der Waals surface area contributed by atoms with Crippen LogP contribution in [-0.2, 0) is 4.79 Å². The molecule has 0 spiro atoms. The van der Waals surface area contributed by atoms with E-state index in [9.17, 15) is 9.59 Å². The number of aromatic nitrogens is 3. The molecule has 7 nitrogen and oxygen atoms in total. The summed E-state index contributed by atoms with van der Waals surface area (Å²) in [6.07, 6.45) is 6.67. The second-order valence-corrected chi connectivity index (χ2v) is 6.77. The van der Waals surface area contributed by atoms with Crippen molar-refractivity contribution in [3.05, 3.63) is 30.7 Å². The van der Waals surface area contributed by atoms with Crippen molar-refractivity contribution in [2.45, 2.75) is 25.8 Å². The Balaban J connectivity index is 1.73. The number of Topliss-reactive ketones (excluding diaryl/α,β-unsaturated/α-hetero) is 1. The summed E-state index contributed by atoms with van der Waals surface area (Å²) in [5.74, 6) is 1.30. The third-order valence-corrected chi connectivity index (χ3v) is 5.45. The van der Waals surface area contributed by atoms with Crippen LogP contribution in [0.25, 0.3) is 11.0 Å². The number of ketones is 1. The molecule has 2 fully saturated rings. The zero-order valence-corrected chi connectivity index (χ0v) is 14.2. The Bertz CT molecular complexity index is 858. The summed E-state index contributed by atoms with van der Waals surface area (Å²) in [5, 5.41) is 0.780. The van der Waals surface area contributed by atoms with Crippen LogP contribution in [0.1, 0.15) is 30.1 Å². The van der Waals surface area contributed by atoms with Crippen LogP contribution in [0.4, 0.5) is 5.82 Å². The van der Waals surface area contributed by atoms with Crippen LogP contribution >= 0.6 is 0 Å². The smallest absolute Gasteiger partial charge is 0.246 e. The number of carbonyl (C=O) groups excluding carboxylic acids is 2. The maximum Gasteiger partial charge on any atom is 0.246 e. The maximum atomic E-state index is 12.0. The minimum absolute atomic E-state index is 0.00912. The van der Waals surface area contributed by atoms with E-state index in [-0.39, 0.29) is 17.7 Å². The molecule has 4 rings (SSSR count). The Morgan fingerprint density at radius 1 is 1.32 bits per heavy atom. The van der Waals surface area contributed by atoms with Crippen LogP contribution in [0.5, 0.6) is 0 Å². The Morgan fingerprint density at radius 3 is 2.88 bits per heavy atom. The van der Waals surface area contributed by atoms with E-state index >= 15 is 0 Å². The molecular weight excluding hydrogens is 318 g/mol. The molecule has 2 aromatic rings. The predicted molar refractivity (Wildman–Crippen MR) is 94.5 cm³/mol. The number of nitrogens with one attached hydrogen (secondary N) is 1. The van der Waals surface area contributed by atoms with E-state index in [1.807, 2.05) is 4.90 Å². The van der Waals surface area contributed by atoms with E-state index in [1.54, 1.807) is 13.1 Å². The summed E-state index contributed by atoms with van der Waals surface area (Å²) in [5.41, 5.74) is 1.29. The fourth-order valence-corrected chi connectivity index (χ4v) is 4.17. The first-order valence-electron chi connectivity index (χ1n) is 8.61.